The van der Waals surface area contributed by atoms with Crippen LogP contribution in [0.2, 0.25) is 0 Å². The van der Waals surface area contributed by atoms with E-state index in [4.69, 9.17) is 15.2 Å². The van der Waals surface area contributed by atoms with Crippen molar-refractivity contribution in [1.82, 2.24) is 0 Å². The monoisotopic (exact) mass is 247 g/mol. The molecule has 0 spiro atoms. The van der Waals surface area contributed by atoms with Crippen LogP contribution in [0.25, 0.3) is 0 Å². The number of rotatable bonds is 3. The zero-order chi connectivity index (χ0) is 12.8. The summed E-state index contributed by atoms with van der Waals surface area (Å²) in [4.78, 5) is 0. The van der Waals surface area contributed by atoms with E-state index >= 15 is 0 Å². The Morgan fingerprint density at radius 1 is 1.39 bits per heavy atom. The largest absolute Gasteiger partial charge is 0.493 e. The Balaban J connectivity index is 1.79. The van der Waals surface area contributed by atoms with Crippen LogP contribution in [0.4, 0.5) is 0 Å². The van der Waals surface area contributed by atoms with Crippen LogP contribution in [0.1, 0.15) is 44.7 Å². The summed E-state index contributed by atoms with van der Waals surface area (Å²) in [5.41, 5.74) is 7.08. The van der Waals surface area contributed by atoms with E-state index < -0.39 is 0 Å². The predicted molar refractivity (Wildman–Crippen MR) is 70.9 cm³/mol. The minimum Gasteiger partial charge on any atom is -0.493 e. The highest BCUT2D eigenvalue weighted by atomic mass is 16.5. The first kappa shape index (κ1) is 11.8. The van der Waals surface area contributed by atoms with Gasteiger partial charge in [-0.2, -0.15) is 0 Å². The van der Waals surface area contributed by atoms with Crippen molar-refractivity contribution in [3.05, 3.63) is 23.8 Å². The minimum atomic E-state index is -0.193. The minimum absolute atomic E-state index is 0.0567. The number of hydrogen-bond donors (Lipinski definition) is 1. The molecule has 3 rings (SSSR count). The Kier molecular flexibility index (Phi) is 2.74. The molecule has 1 aromatic rings. The van der Waals surface area contributed by atoms with E-state index in [9.17, 15) is 0 Å². The summed E-state index contributed by atoms with van der Waals surface area (Å²) >= 11 is 0. The van der Waals surface area contributed by atoms with Crippen molar-refractivity contribution in [1.29, 1.82) is 0 Å². The molecule has 1 aliphatic heterocycles. The SMILES string of the molecule is CC1(C)CC(N)c2ccc(OCC3CC3)cc2O1. The summed E-state index contributed by atoms with van der Waals surface area (Å²) in [6.45, 7) is 4.98. The van der Waals surface area contributed by atoms with Gasteiger partial charge in [0, 0.05) is 24.1 Å². The Hall–Kier alpha value is -1.22. The summed E-state index contributed by atoms with van der Waals surface area (Å²) in [7, 11) is 0. The molecule has 1 heterocycles. The average Bonchev–Trinajstić information content (AvgIpc) is 3.07. The van der Waals surface area contributed by atoms with Gasteiger partial charge in [0.05, 0.1) is 6.61 Å². The van der Waals surface area contributed by atoms with Crippen LogP contribution in [-0.2, 0) is 0 Å². The second-order valence-electron chi connectivity index (χ2n) is 6.13. The molecule has 1 saturated carbocycles. The van der Waals surface area contributed by atoms with E-state index in [1.165, 1.54) is 12.8 Å². The van der Waals surface area contributed by atoms with Crippen LogP contribution in [0.3, 0.4) is 0 Å². The lowest BCUT2D eigenvalue weighted by Gasteiger charge is -2.36. The molecule has 1 unspecified atom stereocenters. The Bertz CT molecular complexity index is 452. The predicted octanol–water partition coefficient (Wildman–Crippen LogP) is 3.04. The first-order chi connectivity index (χ1) is 8.53. The van der Waals surface area contributed by atoms with Crippen molar-refractivity contribution in [3.63, 3.8) is 0 Å². The van der Waals surface area contributed by atoms with Gasteiger partial charge in [-0.05, 0) is 38.7 Å². The molecule has 1 atom stereocenters. The average molecular weight is 247 g/mol. The third kappa shape index (κ3) is 2.46. The molecule has 0 amide bonds. The number of nitrogens with two attached hydrogens (primary N) is 1. The van der Waals surface area contributed by atoms with Crippen molar-refractivity contribution >= 4 is 0 Å². The standard InChI is InChI=1S/C15H21NO2/c1-15(2)8-13(16)12-6-5-11(7-14(12)18-15)17-9-10-3-4-10/h5-7,10,13H,3-4,8-9,16H2,1-2H3. The fourth-order valence-corrected chi connectivity index (χ4v) is 2.48. The van der Waals surface area contributed by atoms with E-state index in [-0.39, 0.29) is 11.6 Å². The lowest BCUT2D eigenvalue weighted by Crippen LogP contribution is -2.37. The molecule has 1 aromatic carbocycles. The molecule has 1 aliphatic carbocycles. The zero-order valence-corrected chi connectivity index (χ0v) is 11.1. The Morgan fingerprint density at radius 3 is 2.89 bits per heavy atom. The van der Waals surface area contributed by atoms with Gasteiger partial charge in [-0.3, -0.25) is 0 Å². The van der Waals surface area contributed by atoms with E-state index in [0.717, 1.165) is 36.0 Å². The molecule has 18 heavy (non-hydrogen) atoms. The van der Waals surface area contributed by atoms with Gasteiger partial charge in [0.15, 0.2) is 0 Å². The van der Waals surface area contributed by atoms with Crippen molar-refractivity contribution < 1.29 is 9.47 Å². The second-order valence-corrected chi connectivity index (χ2v) is 6.13. The van der Waals surface area contributed by atoms with Crippen molar-refractivity contribution in [2.45, 2.75) is 44.8 Å². The maximum absolute atomic E-state index is 6.18. The Labute approximate surface area is 108 Å². The molecule has 98 valence electrons. The number of hydrogen-bond acceptors (Lipinski definition) is 3. The van der Waals surface area contributed by atoms with Gasteiger partial charge < -0.3 is 15.2 Å². The Morgan fingerprint density at radius 2 is 2.17 bits per heavy atom. The molecular weight excluding hydrogens is 226 g/mol. The molecule has 1 fully saturated rings. The van der Waals surface area contributed by atoms with Gasteiger partial charge in [-0.25, -0.2) is 0 Å². The van der Waals surface area contributed by atoms with E-state index in [1.807, 2.05) is 18.2 Å². The second kappa shape index (κ2) is 4.16. The molecular formula is C15H21NO2. The molecule has 3 heteroatoms. The van der Waals surface area contributed by atoms with Gasteiger partial charge in [-0.15, -0.1) is 0 Å². The first-order valence-corrected chi connectivity index (χ1v) is 6.75. The molecule has 2 aliphatic rings. The van der Waals surface area contributed by atoms with E-state index in [0.29, 0.717) is 0 Å². The highest BCUT2D eigenvalue weighted by Gasteiger charge is 2.32. The summed E-state index contributed by atoms with van der Waals surface area (Å²) in [5, 5.41) is 0. The van der Waals surface area contributed by atoms with Crippen molar-refractivity contribution in [2.75, 3.05) is 6.61 Å². The summed E-state index contributed by atoms with van der Waals surface area (Å²) in [6.07, 6.45) is 3.46. The van der Waals surface area contributed by atoms with Crippen molar-refractivity contribution in [2.24, 2.45) is 11.7 Å². The fraction of sp³-hybridized carbons (Fsp3) is 0.600. The van der Waals surface area contributed by atoms with Crippen LogP contribution < -0.4 is 15.2 Å². The van der Waals surface area contributed by atoms with Crippen LogP contribution in [0.5, 0.6) is 11.5 Å². The highest BCUT2D eigenvalue weighted by Crippen LogP contribution is 2.40. The van der Waals surface area contributed by atoms with Gasteiger partial charge in [0.1, 0.15) is 17.1 Å². The molecule has 0 aromatic heterocycles. The molecule has 0 bridgehead atoms. The van der Waals surface area contributed by atoms with Gasteiger partial charge in [-0.1, -0.05) is 6.07 Å². The quantitative estimate of drug-likeness (QED) is 0.893. The lowest BCUT2D eigenvalue weighted by atomic mass is 9.90. The lowest BCUT2D eigenvalue weighted by molar-refractivity contribution is 0.0724. The van der Waals surface area contributed by atoms with Crippen molar-refractivity contribution in [3.8, 4) is 11.5 Å². The smallest absolute Gasteiger partial charge is 0.128 e. The topological polar surface area (TPSA) is 44.5 Å². The molecule has 2 N–H and O–H groups in total. The van der Waals surface area contributed by atoms with E-state index in [1.54, 1.807) is 0 Å². The fourth-order valence-electron chi connectivity index (χ4n) is 2.48. The van der Waals surface area contributed by atoms with Crippen LogP contribution >= 0.6 is 0 Å². The number of fused-ring (bicyclic) bond motifs is 1. The third-order valence-electron chi connectivity index (χ3n) is 3.66. The maximum atomic E-state index is 6.18. The molecule has 0 saturated heterocycles. The van der Waals surface area contributed by atoms with Gasteiger partial charge in [0.25, 0.3) is 0 Å². The first-order valence-electron chi connectivity index (χ1n) is 6.75. The molecule has 0 radical (unpaired) electrons. The summed E-state index contributed by atoms with van der Waals surface area (Å²) in [5.74, 6) is 2.54. The normalized spacial score (nSPS) is 25.2. The van der Waals surface area contributed by atoms with Gasteiger partial charge in [0.2, 0.25) is 0 Å². The third-order valence-corrected chi connectivity index (χ3v) is 3.66. The number of ether oxygens (including phenoxy) is 2. The maximum Gasteiger partial charge on any atom is 0.128 e. The number of benzene rings is 1. The zero-order valence-electron chi connectivity index (χ0n) is 11.1. The van der Waals surface area contributed by atoms with Crippen LogP contribution in [0, 0.1) is 5.92 Å². The summed E-state index contributed by atoms with van der Waals surface area (Å²) < 4.78 is 11.8. The van der Waals surface area contributed by atoms with Gasteiger partial charge >= 0.3 is 0 Å². The highest BCUT2D eigenvalue weighted by molar-refractivity contribution is 5.44. The van der Waals surface area contributed by atoms with E-state index in [2.05, 4.69) is 13.8 Å². The van der Waals surface area contributed by atoms with Crippen LogP contribution in [0.15, 0.2) is 18.2 Å². The van der Waals surface area contributed by atoms with Crippen LogP contribution in [-0.4, -0.2) is 12.2 Å². The molecule has 3 nitrogen and oxygen atoms in total. The summed E-state index contributed by atoms with van der Waals surface area (Å²) in [6, 6.07) is 6.08.